The molecule has 94 valence electrons. The molecule has 0 amide bonds. The summed E-state index contributed by atoms with van der Waals surface area (Å²) in [6.45, 7) is 2.63. The van der Waals surface area contributed by atoms with E-state index >= 15 is 0 Å². The zero-order valence-corrected chi connectivity index (χ0v) is 9.86. The van der Waals surface area contributed by atoms with E-state index in [2.05, 4.69) is 5.32 Å². The molecule has 0 aromatic carbocycles. The Hall–Kier alpha value is -0.160. The molecule has 2 rings (SSSR count). The molecule has 1 saturated carbocycles. The molecule has 1 aliphatic heterocycles. The smallest absolute Gasteiger partial charge is 0.0948 e. The van der Waals surface area contributed by atoms with Gasteiger partial charge in [-0.25, -0.2) is 0 Å². The van der Waals surface area contributed by atoms with Crippen molar-refractivity contribution < 1.29 is 14.6 Å². The van der Waals surface area contributed by atoms with Crippen LogP contribution in [-0.4, -0.2) is 49.7 Å². The number of aliphatic hydroxyl groups excluding tert-OH is 1. The van der Waals surface area contributed by atoms with Crippen LogP contribution in [0.25, 0.3) is 0 Å². The maximum Gasteiger partial charge on any atom is 0.0948 e. The summed E-state index contributed by atoms with van der Waals surface area (Å²) >= 11 is 0. The highest BCUT2D eigenvalue weighted by Gasteiger charge is 2.25. The van der Waals surface area contributed by atoms with Crippen LogP contribution in [0.5, 0.6) is 0 Å². The molecule has 0 aromatic rings. The molecule has 1 aliphatic carbocycles. The Kier molecular flexibility index (Phi) is 5.03. The summed E-state index contributed by atoms with van der Waals surface area (Å²) in [6, 6.07) is 0.0926. The van der Waals surface area contributed by atoms with E-state index in [0.29, 0.717) is 19.3 Å². The summed E-state index contributed by atoms with van der Waals surface area (Å²) in [4.78, 5) is 0. The second-order valence-corrected chi connectivity index (χ2v) is 4.80. The van der Waals surface area contributed by atoms with Crippen LogP contribution in [0.2, 0.25) is 0 Å². The predicted molar refractivity (Wildman–Crippen MR) is 61.4 cm³/mol. The quantitative estimate of drug-likeness (QED) is 0.681. The monoisotopic (exact) mass is 229 g/mol. The van der Waals surface area contributed by atoms with Crippen LogP contribution in [0, 0.1) is 0 Å². The van der Waals surface area contributed by atoms with Gasteiger partial charge in [0, 0.05) is 6.54 Å². The normalized spacial score (nSPS) is 32.1. The Morgan fingerprint density at radius 3 is 2.69 bits per heavy atom. The largest absolute Gasteiger partial charge is 0.389 e. The van der Waals surface area contributed by atoms with Gasteiger partial charge in [-0.15, -0.1) is 0 Å². The molecule has 2 unspecified atom stereocenters. The molecule has 4 nitrogen and oxygen atoms in total. The van der Waals surface area contributed by atoms with Crippen LogP contribution in [0.3, 0.4) is 0 Å². The van der Waals surface area contributed by atoms with Gasteiger partial charge in [-0.1, -0.05) is 19.3 Å². The van der Waals surface area contributed by atoms with E-state index < -0.39 is 0 Å². The van der Waals surface area contributed by atoms with Gasteiger partial charge in [-0.2, -0.15) is 0 Å². The lowest BCUT2D eigenvalue weighted by molar-refractivity contribution is 0.0279. The van der Waals surface area contributed by atoms with Crippen molar-refractivity contribution >= 4 is 0 Å². The fourth-order valence-corrected chi connectivity index (χ4v) is 2.44. The third-order valence-corrected chi connectivity index (χ3v) is 3.46. The fourth-order valence-electron chi connectivity index (χ4n) is 2.44. The van der Waals surface area contributed by atoms with Crippen LogP contribution in [0.4, 0.5) is 0 Å². The van der Waals surface area contributed by atoms with E-state index in [1.807, 2.05) is 0 Å². The Bertz CT molecular complexity index is 195. The van der Waals surface area contributed by atoms with E-state index in [0.717, 1.165) is 13.2 Å². The minimum Gasteiger partial charge on any atom is -0.389 e. The van der Waals surface area contributed by atoms with Crippen LogP contribution < -0.4 is 5.32 Å². The summed E-state index contributed by atoms with van der Waals surface area (Å²) in [5, 5.41) is 12.8. The minimum atomic E-state index is -0.352. The first-order valence-electron chi connectivity index (χ1n) is 6.47. The van der Waals surface area contributed by atoms with E-state index in [1.54, 1.807) is 0 Å². The van der Waals surface area contributed by atoms with E-state index in [9.17, 15) is 5.11 Å². The molecule has 0 radical (unpaired) electrons. The highest BCUT2D eigenvalue weighted by atomic mass is 16.5. The van der Waals surface area contributed by atoms with Crippen molar-refractivity contribution in [3.63, 3.8) is 0 Å². The second kappa shape index (κ2) is 6.55. The molecule has 16 heavy (non-hydrogen) atoms. The summed E-state index contributed by atoms with van der Waals surface area (Å²) < 4.78 is 11.0. The zero-order valence-electron chi connectivity index (χ0n) is 9.86. The zero-order chi connectivity index (χ0) is 11.2. The lowest BCUT2D eigenvalue weighted by atomic mass is 9.98. The topological polar surface area (TPSA) is 50.7 Å². The van der Waals surface area contributed by atoms with Gasteiger partial charge >= 0.3 is 0 Å². The van der Waals surface area contributed by atoms with Gasteiger partial charge in [0.1, 0.15) is 0 Å². The van der Waals surface area contributed by atoms with E-state index in [1.165, 1.54) is 32.1 Å². The number of ether oxygens (including phenoxy) is 2. The maximum atomic E-state index is 9.51. The van der Waals surface area contributed by atoms with Crippen molar-refractivity contribution in [2.45, 2.75) is 50.4 Å². The van der Waals surface area contributed by atoms with Crippen molar-refractivity contribution in [3.05, 3.63) is 0 Å². The van der Waals surface area contributed by atoms with Gasteiger partial charge in [-0.05, 0) is 12.8 Å². The molecule has 1 saturated heterocycles. The predicted octanol–water partition coefficient (Wildman–Crippen LogP) is 0.685. The number of rotatable bonds is 5. The fraction of sp³-hybridized carbons (Fsp3) is 1.00. The number of hydrogen-bond donors (Lipinski definition) is 2. The lowest BCUT2D eigenvalue weighted by Gasteiger charge is -2.22. The van der Waals surface area contributed by atoms with Crippen LogP contribution in [-0.2, 0) is 9.47 Å². The third-order valence-electron chi connectivity index (χ3n) is 3.46. The van der Waals surface area contributed by atoms with Crippen molar-refractivity contribution in [3.8, 4) is 0 Å². The Labute approximate surface area is 97.3 Å². The number of nitrogens with one attached hydrogen (secondary N) is 1. The average molecular weight is 229 g/mol. The molecule has 1 heterocycles. The standard InChI is InChI=1S/C12H23NO3/c14-12-9-15-8-11(12)13-6-7-16-10-4-2-1-3-5-10/h10-14H,1-9H2. The summed E-state index contributed by atoms with van der Waals surface area (Å²) in [5.41, 5.74) is 0. The van der Waals surface area contributed by atoms with Gasteiger partial charge in [0.25, 0.3) is 0 Å². The Morgan fingerprint density at radius 1 is 1.19 bits per heavy atom. The first-order valence-corrected chi connectivity index (χ1v) is 6.47. The molecule has 0 spiro atoms. The maximum absolute atomic E-state index is 9.51. The number of hydrogen-bond acceptors (Lipinski definition) is 4. The highest BCUT2D eigenvalue weighted by Crippen LogP contribution is 2.19. The summed E-state index contributed by atoms with van der Waals surface area (Å²) in [5.74, 6) is 0. The molecular weight excluding hydrogens is 206 g/mol. The van der Waals surface area contributed by atoms with Gasteiger partial charge < -0.3 is 19.9 Å². The van der Waals surface area contributed by atoms with E-state index in [-0.39, 0.29) is 12.1 Å². The Morgan fingerprint density at radius 2 is 2.00 bits per heavy atom. The van der Waals surface area contributed by atoms with Gasteiger partial charge in [0.05, 0.1) is 38.1 Å². The Balaban J connectivity index is 1.51. The molecule has 0 aromatic heterocycles. The first-order chi connectivity index (χ1) is 7.86. The van der Waals surface area contributed by atoms with Crippen LogP contribution in [0.15, 0.2) is 0 Å². The van der Waals surface area contributed by atoms with Crippen molar-refractivity contribution in [1.82, 2.24) is 5.32 Å². The van der Waals surface area contributed by atoms with Crippen molar-refractivity contribution in [1.29, 1.82) is 0 Å². The lowest BCUT2D eigenvalue weighted by Crippen LogP contribution is -2.40. The van der Waals surface area contributed by atoms with Crippen molar-refractivity contribution in [2.24, 2.45) is 0 Å². The first kappa shape index (κ1) is 12.3. The van der Waals surface area contributed by atoms with Gasteiger partial charge in [-0.3, -0.25) is 0 Å². The van der Waals surface area contributed by atoms with Crippen molar-refractivity contribution in [2.75, 3.05) is 26.4 Å². The van der Waals surface area contributed by atoms with Gasteiger partial charge in [0.15, 0.2) is 0 Å². The SMILES string of the molecule is OC1COCC1NCCOC1CCCCC1. The van der Waals surface area contributed by atoms with Crippen LogP contribution >= 0.6 is 0 Å². The highest BCUT2D eigenvalue weighted by molar-refractivity contribution is 4.80. The third kappa shape index (κ3) is 3.70. The molecular formula is C12H23NO3. The molecule has 2 aliphatic rings. The molecule has 2 fully saturated rings. The summed E-state index contributed by atoms with van der Waals surface area (Å²) in [7, 11) is 0. The average Bonchev–Trinajstić information content (AvgIpc) is 2.72. The summed E-state index contributed by atoms with van der Waals surface area (Å²) in [6.07, 6.45) is 6.55. The second-order valence-electron chi connectivity index (χ2n) is 4.80. The van der Waals surface area contributed by atoms with Crippen LogP contribution in [0.1, 0.15) is 32.1 Å². The molecule has 2 atom stereocenters. The number of aliphatic hydroxyl groups is 1. The molecule has 2 N–H and O–H groups in total. The molecule has 4 heteroatoms. The minimum absolute atomic E-state index is 0.0926. The van der Waals surface area contributed by atoms with Gasteiger partial charge in [0.2, 0.25) is 0 Å². The molecule has 0 bridgehead atoms. The van der Waals surface area contributed by atoms with E-state index in [4.69, 9.17) is 9.47 Å².